The average molecular weight is 524 g/mol. The highest BCUT2D eigenvalue weighted by Gasteiger charge is 2.31. The number of nitrogens with one attached hydrogen (secondary N) is 4. The van der Waals surface area contributed by atoms with E-state index in [-0.39, 0.29) is 18.5 Å². The lowest BCUT2D eigenvalue weighted by Crippen LogP contribution is -2.54. The lowest BCUT2D eigenvalue weighted by molar-refractivity contribution is 0.202. The van der Waals surface area contributed by atoms with Crippen molar-refractivity contribution in [3.63, 3.8) is 0 Å². The van der Waals surface area contributed by atoms with Crippen molar-refractivity contribution >= 4 is 16.5 Å². The van der Waals surface area contributed by atoms with Gasteiger partial charge in [0.1, 0.15) is 0 Å². The fourth-order valence-corrected chi connectivity index (χ4v) is 5.45. The molecule has 0 aromatic heterocycles. The van der Waals surface area contributed by atoms with E-state index in [1.54, 1.807) is 0 Å². The number of allylic oxidation sites excluding steroid dienone is 1. The third-order valence-electron chi connectivity index (χ3n) is 7.47. The van der Waals surface area contributed by atoms with E-state index in [1.807, 2.05) is 54.6 Å². The number of nitrogens with two attached hydrogens (primary N) is 1. The summed E-state index contributed by atoms with van der Waals surface area (Å²) in [5.41, 5.74) is 12.7. The zero-order valence-corrected chi connectivity index (χ0v) is 22.2. The molecule has 0 bridgehead atoms. The molecule has 1 fully saturated rings. The van der Waals surface area contributed by atoms with E-state index in [9.17, 15) is 0 Å². The molecular weight excluding hydrogens is 490 g/mol. The van der Waals surface area contributed by atoms with E-state index >= 15 is 0 Å². The smallest absolute Gasteiger partial charge is 0.0868 e. The molecule has 5 nitrogen and oxygen atoms in total. The number of fused-ring (bicyclic) bond motifs is 1. The van der Waals surface area contributed by atoms with Crippen LogP contribution in [-0.2, 0) is 0 Å². The molecule has 0 saturated carbocycles. The SMILES string of the molecule is N=C(/C=C\C(N)c1c(C2NC(c3ccccc3)NC(c3ccccc3)N2)ccc2ccccc12)c1ccccc1. The molecule has 3 atom stereocenters. The summed E-state index contributed by atoms with van der Waals surface area (Å²) in [5, 5.41) is 22.1. The predicted molar refractivity (Wildman–Crippen MR) is 164 cm³/mol. The van der Waals surface area contributed by atoms with Crippen LogP contribution in [-0.4, -0.2) is 5.71 Å². The highest BCUT2D eigenvalue weighted by Crippen LogP contribution is 2.34. The second-order valence-electron chi connectivity index (χ2n) is 10.1. The summed E-state index contributed by atoms with van der Waals surface area (Å²) in [4.78, 5) is 0. The first-order chi connectivity index (χ1) is 19.7. The van der Waals surface area contributed by atoms with Crippen molar-refractivity contribution in [1.82, 2.24) is 16.0 Å². The van der Waals surface area contributed by atoms with Crippen LogP contribution in [0.3, 0.4) is 0 Å². The van der Waals surface area contributed by atoms with Gasteiger partial charge in [0.05, 0.1) is 24.2 Å². The van der Waals surface area contributed by atoms with Crippen LogP contribution in [0, 0.1) is 5.41 Å². The molecule has 0 spiro atoms. The maximum Gasteiger partial charge on any atom is 0.0868 e. The molecule has 1 aliphatic heterocycles. The van der Waals surface area contributed by atoms with Gasteiger partial charge in [-0.2, -0.15) is 0 Å². The van der Waals surface area contributed by atoms with E-state index in [0.717, 1.165) is 38.6 Å². The maximum atomic E-state index is 8.57. The molecular formula is C35H33N5. The van der Waals surface area contributed by atoms with Crippen molar-refractivity contribution in [2.75, 3.05) is 0 Å². The van der Waals surface area contributed by atoms with E-state index in [0.29, 0.717) is 5.71 Å². The van der Waals surface area contributed by atoms with Gasteiger partial charge in [0.2, 0.25) is 0 Å². The monoisotopic (exact) mass is 523 g/mol. The van der Waals surface area contributed by atoms with Crippen LogP contribution >= 0.6 is 0 Å². The summed E-state index contributed by atoms with van der Waals surface area (Å²) in [6, 6.07) is 42.9. The molecule has 5 heteroatoms. The molecule has 3 unspecified atom stereocenters. The quantitative estimate of drug-likeness (QED) is 0.155. The molecule has 40 heavy (non-hydrogen) atoms. The van der Waals surface area contributed by atoms with Gasteiger partial charge in [0, 0.05) is 6.04 Å². The van der Waals surface area contributed by atoms with Gasteiger partial charge in [-0.25, -0.2) is 0 Å². The maximum absolute atomic E-state index is 8.57. The minimum Gasteiger partial charge on any atom is -0.321 e. The van der Waals surface area contributed by atoms with Gasteiger partial charge in [0.15, 0.2) is 0 Å². The summed E-state index contributed by atoms with van der Waals surface area (Å²) in [7, 11) is 0. The Kier molecular flexibility index (Phi) is 7.62. The van der Waals surface area contributed by atoms with Gasteiger partial charge in [-0.3, -0.25) is 16.0 Å². The Morgan fingerprint density at radius 2 is 1.15 bits per heavy atom. The van der Waals surface area contributed by atoms with Gasteiger partial charge >= 0.3 is 0 Å². The molecule has 6 rings (SSSR count). The second-order valence-corrected chi connectivity index (χ2v) is 10.1. The van der Waals surface area contributed by atoms with Gasteiger partial charge in [-0.05, 0) is 44.7 Å². The second kappa shape index (κ2) is 11.8. The van der Waals surface area contributed by atoms with Crippen molar-refractivity contribution in [2.45, 2.75) is 24.5 Å². The molecule has 0 radical (unpaired) electrons. The lowest BCUT2D eigenvalue weighted by Gasteiger charge is -2.40. The molecule has 5 aromatic carbocycles. The summed E-state index contributed by atoms with van der Waals surface area (Å²) < 4.78 is 0. The van der Waals surface area contributed by atoms with Crippen LogP contribution in [0.1, 0.15) is 52.4 Å². The predicted octanol–water partition coefficient (Wildman–Crippen LogP) is 6.64. The van der Waals surface area contributed by atoms with Crippen LogP contribution in [0.25, 0.3) is 10.8 Å². The van der Waals surface area contributed by atoms with E-state index in [2.05, 4.69) is 101 Å². The third-order valence-corrected chi connectivity index (χ3v) is 7.47. The fraction of sp³-hybridized carbons (Fsp3) is 0.114. The van der Waals surface area contributed by atoms with E-state index in [4.69, 9.17) is 11.1 Å². The van der Waals surface area contributed by atoms with Crippen molar-refractivity contribution in [1.29, 1.82) is 5.41 Å². The van der Waals surface area contributed by atoms with Crippen molar-refractivity contribution in [2.24, 2.45) is 5.73 Å². The third kappa shape index (κ3) is 5.50. The zero-order valence-electron chi connectivity index (χ0n) is 22.2. The Morgan fingerprint density at radius 1 is 0.625 bits per heavy atom. The lowest BCUT2D eigenvalue weighted by atomic mass is 9.91. The highest BCUT2D eigenvalue weighted by atomic mass is 15.4. The zero-order chi connectivity index (χ0) is 27.3. The number of hydrogen-bond donors (Lipinski definition) is 5. The normalized spacial score (nSPS) is 20.0. The summed E-state index contributed by atoms with van der Waals surface area (Å²) >= 11 is 0. The molecule has 198 valence electrons. The Balaban J connectivity index is 1.40. The largest absolute Gasteiger partial charge is 0.321 e. The minimum absolute atomic E-state index is 0.0741. The van der Waals surface area contributed by atoms with E-state index < -0.39 is 6.04 Å². The van der Waals surface area contributed by atoms with Crippen LogP contribution in [0.2, 0.25) is 0 Å². The molecule has 6 N–H and O–H groups in total. The standard InChI is InChI=1S/C35H33N5/c36-30(25-13-4-1-5-14-25)22-23-31(37)32-28-19-11-10-12-24(28)20-21-29(32)35-39-33(26-15-6-2-7-16-26)38-34(40-35)27-17-8-3-9-18-27/h1-23,31,33-36,38-40H,37H2/b23-22-,36-30?. The van der Waals surface area contributed by atoms with Crippen LogP contribution in [0.4, 0.5) is 0 Å². The summed E-state index contributed by atoms with van der Waals surface area (Å²) in [5.74, 6) is 0. The molecule has 1 saturated heterocycles. The van der Waals surface area contributed by atoms with Crippen molar-refractivity contribution < 1.29 is 0 Å². The first-order valence-electron chi connectivity index (χ1n) is 13.6. The summed E-state index contributed by atoms with van der Waals surface area (Å²) in [6.07, 6.45) is 3.42. The average Bonchev–Trinajstić information content (AvgIpc) is 3.04. The molecule has 1 aliphatic rings. The molecule has 5 aromatic rings. The number of benzene rings is 5. The van der Waals surface area contributed by atoms with Gasteiger partial charge in [-0.15, -0.1) is 0 Å². The highest BCUT2D eigenvalue weighted by molar-refractivity contribution is 6.06. The number of hydrogen-bond acceptors (Lipinski definition) is 5. The fourth-order valence-electron chi connectivity index (χ4n) is 5.45. The van der Waals surface area contributed by atoms with Crippen molar-refractivity contribution in [3.8, 4) is 0 Å². The van der Waals surface area contributed by atoms with Crippen LogP contribution in [0.15, 0.2) is 140 Å². The Morgan fingerprint density at radius 3 is 1.77 bits per heavy atom. The van der Waals surface area contributed by atoms with Gasteiger partial charge in [-0.1, -0.05) is 133 Å². The Bertz CT molecular complexity index is 1570. The molecule has 1 heterocycles. The first kappa shape index (κ1) is 25.9. The van der Waals surface area contributed by atoms with Gasteiger partial charge < -0.3 is 11.1 Å². The molecule has 0 amide bonds. The van der Waals surface area contributed by atoms with Crippen molar-refractivity contribution in [3.05, 3.63) is 167 Å². The van der Waals surface area contributed by atoms with Gasteiger partial charge in [0.25, 0.3) is 0 Å². The minimum atomic E-state index is -0.408. The topological polar surface area (TPSA) is 86.0 Å². The Labute approximate surface area is 235 Å². The number of rotatable bonds is 7. The first-order valence-corrected chi connectivity index (χ1v) is 13.6. The molecule has 0 aliphatic carbocycles. The Hall–Kier alpha value is -4.39. The van der Waals surface area contributed by atoms with Crippen LogP contribution < -0.4 is 21.7 Å². The summed E-state index contributed by atoms with van der Waals surface area (Å²) in [6.45, 7) is 0. The van der Waals surface area contributed by atoms with Crippen LogP contribution in [0.5, 0.6) is 0 Å². The van der Waals surface area contributed by atoms with E-state index in [1.165, 1.54) is 0 Å².